The van der Waals surface area contributed by atoms with Crippen LogP contribution in [0, 0.1) is 0 Å². The van der Waals surface area contributed by atoms with Gasteiger partial charge in [0.05, 0.1) is 5.57 Å². The Morgan fingerprint density at radius 2 is 1.64 bits per heavy atom. The number of halogens is 1. The van der Waals surface area contributed by atoms with Crippen LogP contribution in [0.4, 0.5) is 0 Å². The number of carbonyl (C=O) groups excluding carboxylic acids is 2. The minimum absolute atomic E-state index is 0.275. The molecule has 0 saturated heterocycles. The average molecular weight is 358 g/mol. The van der Waals surface area contributed by atoms with E-state index in [9.17, 15) is 9.59 Å². The van der Waals surface area contributed by atoms with Gasteiger partial charge in [-0.2, -0.15) is 0 Å². The molecule has 0 aliphatic rings. The number of likely N-dealkylation sites (N-methyl/N-ethyl adjacent to an activating group) is 1. The van der Waals surface area contributed by atoms with E-state index in [-0.39, 0.29) is 5.91 Å². The maximum Gasteiger partial charge on any atom is 0.339 e. The minimum Gasteiger partial charge on any atom is -0.449 e. The van der Waals surface area contributed by atoms with Gasteiger partial charge in [-0.05, 0) is 36.3 Å². The summed E-state index contributed by atoms with van der Waals surface area (Å²) in [7, 11) is 3.24. The van der Waals surface area contributed by atoms with Crippen molar-refractivity contribution in [3.05, 3.63) is 70.7 Å². The lowest BCUT2D eigenvalue weighted by atomic mass is 10.0. The van der Waals surface area contributed by atoms with Gasteiger partial charge in [0.1, 0.15) is 0 Å². The average Bonchev–Trinajstić information content (AvgIpc) is 2.60. The highest BCUT2D eigenvalue weighted by atomic mass is 35.5. The molecule has 2 rings (SSSR count). The Kier molecular flexibility index (Phi) is 6.37. The highest BCUT2D eigenvalue weighted by Crippen LogP contribution is 2.22. The largest absolute Gasteiger partial charge is 0.449 e. The van der Waals surface area contributed by atoms with Gasteiger partial charge >= 0.3 is 5.97 Å². The number of carbonyl (C=O) groups is 2. The van der Waals surface area contributed by atoms with Crippen LogP contribution in [-0.2, 0) is 14.3 Å². The molecule has 0 aliphatic carbocycles. The monoisotopic (exact) mass is 357 g/mol. The van der Waals surface area contributed by atoms with Gasteiger partial charge in [0, 0.05) is 19.1 Å². The van der Waals surface area contributed by atoms with Crippen LogP contribution in [0.5, 0.6) is 0 Å². The molecule has 5 heteroatoms. The van der Waals surface area contributed by atoms with Crippen LogP contribution < -0.4 is 0 Å². The van der Waals surface area contributed by atoms with Gasteiger partial charge < -0.3 is 9.64 Å². The molecule has 130 valence electrons. The molecule has 0 spiro atoms. The summed E-state index contributed by atoms with van der Waals surface area (Å²) in [6, 6.07) is 16.3. The van der Waals surface area contributed by atoms with E-state index in [1.165, 1.54) is 4.90 Å². The van der Waals surface area contributed by atoms with E-state index in [1.807, 2.05) is 30.3 Å². The zero-order valence-corrected chi connectivity index (χ0v) is 15.2. The molecule has 4 nitrogen and oxygen atoms in total. The molecule has 0 fully saturated rings. The Morgan fingerprint density at radius 1 is 1.04 bits per heavy atom. The SMILES string of the molecule is C[C@@H](OC(=O)/C(=C/c1ccccc1)c1ccc(Cl)cc1)C(=O)N(C)C. The van der Waals surface area contributed by atoms with Crippen molar-refractivity contribution in [3.8, 4) is 0 Å². The molecule has 0 radical (unpaired) electrons. The number of amides is 1. The summed E-state index contributed by atoms with van der Waals surface area (Å²) >= 11 is 5.93. The van der Waals surface area contributed by atoms with E-state index in [1.54, 1.807) is 51.4 Å². The number of benzene rings is 2. The second-order valence-corrected chi connectivity index (χ2v) is 6.19. The van der Waals surface area contributed by atoms with Crippen LogP contribution in [0.25, 0.3) is 11.6 Å². The Morgan fingerprint density at radius 3 is 2.20 bits per heavy atom. The van der Waals surface area contributed by atoms with E-state index in [4.69, 9.17) is 16.3 Å². The Balaban J connectivity index is 2.34. The number of nitrogens with zero attached hydrogens (tertiary/aromatic N) is 1. The first-order valence-corrected chi connectivity index (χ1v) is 8.21. The fourth-order valence-electron chi connectivity index (χ4n) is 2.24. The molecule has 0 unspecified atom stereocenters. The van der Waals surface area contributed by atoms with Crippen molar-refractivity contribution in [3.63, 3.8) is 0 Å². The standard InChI is InChI=1S/C20H20ClNO3/c1-14(19(23)22(2)3)25-20(24)18(13-15-7-5-4-6-8-15)16-9-11-17(21)12-10-16/h4-14H,1-3H3/b18-13+/t14-/m1/s1. The van der Waals surface area contributed by atoms with Gasteiger partial charge in [-0.15, -0.1) is 0 Å². The van der Waals surface area contributed by atoms with Crippen molar-refractivity contribution in [1.82, 2.24) is 4.90 Å². The first-order chi connectivity index (χ1) is 11.9. The molecule has 2 aromatic rings. The molecule has 0 heterocycles. The van der Waals surface area contributed by atoms with Crippen LogP contribution in [0.3, 0.4) is 0 Å². The van der Waals surface area contributed by atoms with Gasteiger partial charge in [-0.25, -0.2) is 4.79 Å². The molecule has 0 aliphatic heterocycles. The fourth-order valence-corrected chi connectivity index (χ4v) is 2.37. The van der Waals surface area contributed by atoms with E-state index >= 15 is 0 Å². The quantitative estimate of drug-likeness (QED) is 0.463. The molecule has 0 N–H and O–H groups in total. The topological polar surface area (TPSA) is 46.6 Å². The third-order valence-electron chi connectivity index (χ3n) is 3.56. The lowest BCUT2D eigenvalue weighted by Gasteiger charge is -2.18. The minimum atomic E-state index is -0.867. The van der Waals surface area contributed by atoms with Crippen molar-refractivity contribution < 1.29 is 14.3 Å². The number of rotatable bonds is 5. The maximum atomic E-state index is 12.7. The predicted molar refractivity (Wildman–Crippen MR) is 100 cm³/mol. The molecule has 0 bridgehead atoms. The van der Waals surface area contributed by atoms with E-state index in [0.717, 1.165) is 5.56 Å². The number of ether oxygens (including phenoxy) is 1. The number of esters is 1. The van der Waals surface area contributed by atoms with Gasteiger partial charge in [-0.1, -0.05) is 54.1 Å². The first kappa shape index (κ1) is 18.7. The van der Waals surface area contributed by atoms with Crippen LogP contribution in [0.15, 0.2) is 54.6 Å². The zero-order chi connectivity index (χ0) is 18.4. The van der Waals surface area contributed by atoms with Crippen LogP contribution in [0.1, 0.15) is 18.1 Å². The number of hydrogen-bond acceptors (Lipinski definition) is 3. The summed E-state index contributed by atoms with van der Waals surface area (Å²) in [5.74, 6) is -0.836. The highest BCUT2D eigenvalue weighted by Gasteiger charge is 2.22. The normalized spacial score (nSPS) is 12.4. The Hall–Kier alpha value is -2.59. The Labute approximate surface area is 152 Å². The van der Waals surface area contributed by atoms with Crippen LogP contribution in [0.2, 0.25) is 5.02 Å². The molecular weight excluding hydrogens is 338 g/mol. The summed E-state index contributed by atoms with van der Waals surface area (Å²) in [6.07, 6.45) is 0.868. The molecule has 0 aromatic heterocycles. The lowest BCUT2D eigenvalue weighted by molar-refractivity contribution is -0.153. The third kappa shape index (κ3) is 5.19. The van der Waals surface area contributed by atoms with Crippen molar-refractivity contribution in [2.24, 2.45) is 0 Å². The summed E-state index contributed by atoms with van der Waals surface area (Å²) < 4.78 is 5.36. The fraction of sp³-hybridized carbons (Fsp3) is 0.200. The molecule has 1 atom stereocenters. The summed E-state index contributed by atoms with van der Waals surface area (Å²) in [4.78, 5) is 26.0. The van der Waals surface area contributed by atoms with Crippen molar-refractivity contribution in [2.45, 2.75) is 13.0 Å². The molecule has 2 aromatic carbocycles. The molecule has 1 amide bonds. The highest BCUT2D eigenvalue weighted by molar-refractivity contribution is 6.30. The van der Waals surface area contributed by atoms with Crippen LogP contribution in [-0.4, -0.2) is 37.0 Å². The third-order valence-corrected chi connectivity index (χ3v) is 3.81. The van der Waals surface area contributed by atoms with E-state index < -0.39 is 12.1 Å². The second kappa shape index (κ2) is 8.49. The maximum absolute atomic E-state index is 12.7. The second-order valence-electron chi connectivity index (χ2n) is 5.76. The number of hydrogen-bond donors (Lipinski definition) is 0. The summed E-state index contributed by atoms with van der Waals surface area (Å²) in [5.41, 5.74) is 1.89. The summed E-state index contributed by atoms with van der Waals surface area (Å²) in [6.45, 7) is 1.56. The summed E-state index contributed by atoms with van der Waals surface area (Å²) in [5, 5.41) is 0.576. The Bertz CT molecular complexity index is 767. The molecular formula is C20H20ClNO3. The van der Waals surface area contributed by atoms with Crippen molar-refractivity contribution >= 4 is 35.1 Å². The van der Waals surface area contributed by atoms with Gasteiger partial charge in [0.25, 0.3) is 5.91 Å². The van der Waals surface area contributed by atoms with Gasteiger partial charge in [-0.3, -0.25) is 4.79 Å². The van der Waals surface area contributed by atoms with Crippen molar-refractivity contribution in [1.29, 1.82) is 0 Å². The van der Waals surface area contributed by atoms with E-state index in [2.05, 4.69) is 0 Å². The first-order valence-electron chi connectivity index (χ1n) is 7.83. The lowest BCUT2D eigenvalue weighted by Crippen LogP contribution is -2.35. The molecule has 25 heavy (non-hydrogen) atoms. The van der Waals surface area contributed by atoms with E-state index in [0.29, 0.717) is 16.2 Å². The smallest absolute Gasteiger partial charge is 0.339 e. The van der Waals surface area contributed by atoms with Gasteiger partial charge in [0.15, 0.2) is 6.10 Å². The van der Waals surface area contributed by atoms with Crippen LogP contribution >= 0.6 is 11.6 Å². The predicted octanol–water partition coefficient (Wildman–Crippen LogP) is 3.90. The molecule has 0 saturated carbocycles. The van der Waals surface area contributed by atoms with Crippen molar-refractivity contribution in [2.75, 3.05) is 14.1 Å². The zero-order valence-electron chi connectivity index (χ0n) is 14.4. The van der Waals surface area contributed by atoms with Gasteiger partial charge in [0.2, 0.25) is 0 Å².